The zero-order chi connectivity index (χ0) is 4.28. The van der Waals surface area contributed by atoms with E-state index in [9.17, 15) is 0 Å². The maximum absolute atomic E-state index is 4.32. The summed E-state index contributed by atoms with van der Waals surface area (Å²) in [6.45, 7) is 0. The van der Waals surface area contributed by atoms with Crippen molar-refractivity contribution in [3.8, 4) is 0 Å². The summed E-state index contributed by atoms with van der Waals surface area (Å²) in [6.07, 6.45) is 0. The second-order valence-electron chi connectivity index (χ2n) is 0.279. The quantitative estimate of drug-likeness (QED) is 0.323. The molecule has 0 heterocycles. The van der Waals surface area contributed by atoms with Crippen LogP contribution in [0.15, 0.2) is 0 Å². The molecule has 0 unspecified atom stereocenters. The van der Waals surface area contributed by atoms with E-state index in [0.29, 0.717) is 0 Å². The number of rotatable bonds is 1. The molecule has 0 amide bonds. The molecule has 0 aromatic carbocycles. The van der Waals surface area contributed by atoms with Gasteiger partial charge in [-0.05, 0) is 12.9 Å². The maximum atomic E-state index is 4.32. The Morgan fingerprint density at radius 2 is 1.80 bits per heavy atom. The van der Waals surface area contributed by atoms with Crippen LogP contribution in [0.5, 0.6) is 0 Å². The lowest BCUT2D eigenvalue weighted by molar-refractivity contribution is 0.783. The van der Waals surface area contributed by atoms with Gasteiger partial charge >= 0.3 is 0 Å². The molecule has 0 aromatic rings. The third-order valence-electron chi connectivity index (χ3n) is 0.0609. The molecule has 1 nitrogen and oxygen atoms in total. The van der Waals surface area contributed by atoms with Crippen LogP contribution < -0.4 is 0 Å². The first-order valence-electron chi connectivity index (χ1n) is 0.683. The molecule has 0 saturated carbocycles. The molecule has 0 rings (SSSR count). The highest BCUT2D eigenvalue weighted by Crippen LogP contribution is 1.73. The minimum absolute atomic E-state index is 0.792. The lowest BCUT2D eigenvalue weighted by Crippen LogP contribution is -1.58. The zero-order valence-corrected chi connectivity index (χ0v) is 5.42. The van der Waals surface area contributed by atoms with E-state index in [1.165, 1.54) is 0 Å². The maximum Gasteiger partial charge on any atom is -0.0490 e. The second-order valence-corrected chi connectivity index (χ2v) is 3.73. The summed E-state index contributed by atoms with van der Waals surface area (Å²) >= 11 is 12.0. The van der Waals surface area contributed by atoms with Gasteiger partial charge in [-0.1, -0.05) is 0 Å². The Morgan fingerprint density at radius 1 is 1.60 bits per heavy atom. The summed E-state index contributed by atoms with van der Waals surface area (Å²) in [5, 5.41) is 0. The predicted octanol–water partition coefficient (Wildman–Crippen LogP) is 0.305. The minimum atomic E-state index is -0.792. The Labute approximate surface area is 47.4 Å². The van der Waals surface area contributed by atoms with Crippen molar-refractivity contribution in [3.63, 3.8) is 0 Å². The molecule has 0 fully saturated rings. The van der Waals surface area contributed by atoms with Crippen LogP contribution in [0.1, 0.15) is 0 Å². The van der Waals surface area contributed by atoms with Crippen LogP contribution in [0, 0.1) is 0 Å². The Balaban J connectivity index is 3.23. The molecule has 0 bridgehead atoms. The van der Waals surface area contributed by atoms with Crippen molar-refractivity contribution in [2.75, 3.05) is 0 Å². The summed E-state index contributed by atoms with van der Waals surface area (Å²) in [4.78, 5) is 0. The van der Waals surface area contributed by atoms with Gasteiger partial charge in [-0.2, -0.15) is 0 Å². The van der Waals surface area contributed by atoms with Gasteiger partial charge in [0, 0.05) is 0 Å². The van der Waals surface area contributed by atoms with Gasteiger partial charge in [0.05, 0.1) is 0 Å². The molecule has 0 atom stereocenters. The van der Waals surface area contributed by atoms with Gasteiger partial charge in [-0.25, -0.2) is 30.7 Å². The molecule has 5 heteroatoms. The highest BCUT2D eigenvalue weighted by molar-refractivity contribution is 8.45. The third-order valence-corrected chi connectivity index (χ3v) is 1.64. The van der Waals surface area contributed by atoms with Crippen molar-refractivity contribution in [2.24, 2.45) is 0 Å². The molecule has 0 N–H and O–H groups in total. The fourth-order valence-electron chi connectivity index (χ4n) is 0. The van der Waals surface area contributed by atoms with Gasteiger partial charge in [-0.15, -0.1) is 0 Å². The standard InChI is InChI=1S/HOS4/c2-1-5(3)4/h2H/q-1. The Hall–Kier alpha value is 1.10. The van der Waals surface area contributed by atoms with Crippen LogP contribution in [-0.2, 0) is 34.3 Å². The van der Waals surface area contributed by atoms with Crippen LogP contribution in [0.3, 0.4) is 0 Å². The lowest BCUT2D eigenvalue weighted by atomic mass is 15.9. The molecule has 0 aliphatic carbocycles. The third kappa shape index (κ3) is 5.10. The average Bonchev–Trinajstić information content (AvgIpc) is 1.38. The Morgan fingerprint density at radius 3 is 1.80 bits per heavy atom. The van der Waals surface area contributed by atoms with E-state index in [1.54, 1.807) is 0 Å². The molecule has 32 valence electrons. The average molecular weight is 145 g/mol. The van der Waals surface area contributed by atoms with Gasteiger partial charge in [0.15, 0.2) is 0 Å². The second kappa shape index (κ2) is 3.30. The summed E-state index contributed by atoms with van der Waals surface area (Å²) in [5.74, 6) is 0. The predicted molar refractivity (Wildman–Crippen MR) is 32.2 cm³/mol. The smallest absolute Gasteiger partial charge is 0.0490 e. The van der Waals surface area contributed by atoms with Crippen molar-refractivity contribution >= 4 is 43.6 Å². The molecule has 0 saturated heterocycles. The Kier molecular flexibility index (Phi) is 4.02. The van der Waals surface area contributed by atoms with Crippen molar-refractivity contribution in [1.29, 1.82) is 0 Å². The molecule has 0 aliphatic rings. The topological polar surface area (TPSA) is 9.23 Å². The van der Waals surface area contributed by atoms with Gasteiger partial charge in [-0.3, -0.25) is 0 Å². The van der Waals surface area contributed by atoms with E-state index in [1.807, 2.05) is 0 Å². The molecule has 5 heavy (non-hydrogen) atoms. The van der Waals surface area contributed by atoms with Crippen LogP contribution in [0.4, 0.5) is 0 Å². The summed E-state index contributed by atoms with van der Waals surface area (Å²) in [6, 6.07) is 0. The first kappa shape index (κ1) is 6.10. The van der Waals surface area contributed by atoms with E-state index in [0.717, 1.165) is 0 Å². The molecular weight excluding hydrogens is 144 g/mol. The first-order chi connectivity index (χ1) is 2.27. The number of hydrogen-bond acceptors (Lipinski definition) is 5. The minimum Gasteiger partial charge on any atom is -0.406 e. The van der Waals surface area contributed by atoms with Crippen LogP contribution in [0.25, 0.3) is 0 Å². The van der Waals surface area contributed by atoms with Gasteiger partial charge < -0.3 is 3.63 Å². The van der Waals surface area contributed by atoms with Crippen LogP contribution in [0.2, 0.25) is 0 Å². The largest absolute Gasteiger partial charge is 0.406 e. The summed E-state index contributed by atoms with van der Waals surface area (Å²) in [5.41, 5.74) is 0. The summed E-state index contributed by atoms with van der Waals surface area (Å²) < 4.78 is 4.10. The normalized spacial score (nSPS) is 9.20. The molecule has 0 aromatic heterocycles. The van der Waals surface area contributed by atoms with E-state index in [-0.39, 0.29) is 0 Å². The van der Waals surface area contributed by atoms with Gasteiger partial charge in [0.1, 0.15) is 0 Å². The number of thiol groups is 1. The van der Waals surface area contributed by atoms with Crippen molar-refractivity contribution in [1.82, 2.24) is 0 Å². The van der Waals surface area contributed by atoms with Gasteiger partial charge in [0.25, 0.3) is 0 Å². The summed E-state index contributed by atoms with van der Waals surface area (Å²) in [7, 11) is -0.792. The SMILES string of the molecule is S=[S-](=S)OS. The van der Waals surface area contributed by atoms with E-state index < -0.39 is 8.29 Å². The monoisotopic (exact) mass is 145 g/mol. The van der Waals surface area contributed by atoms with E-state index >= 15 is 0 Å². The lowest BCUT2D eigenvalue weighted by Gasteiger charge is -1.89. The zero-order valence-electron chi connectivity index (χ0n) is 2.08. The van der Waals surface area contributed by atoms with E-state index in [4.69, 9.17) is 0 Å². The van der Waals surface area contributed by atoms with Crippen LogP contribution >= 0.6 is 12.9 Å². The molecule has 0 radical (unpaired) electrons. The van der Waals surface area contributed by atoms with Gasteiger partial charge in [0.2, 0.25) is 0 Å². The van der Waals surface area contributed by atoms with Crippen molar-refractivity contribution < 1.29 is 3.63 Å². The number of hydrogen-bond donors (Lipinski definition) is 1. The van der Waals surface area contributed by atoms with Crippen molar-refractivity contribution in [3.05, 3.63) is 0 Å². The fourth-order valence-corrected chi connectivity index (χ4v) is 0. The fraction of sp³-hybridized carbons (Fsp3) is 0. The first-order valence-corrected chi connectivity index (χ1v) is 4.05. The van der Waals surface area contributed by atoms with Crippen molar-refractivity contribution in [2.45, 2.75) is 0 Å². The van der Waals surface area contributed by atoms with Crippen LogP contribution in [-0.4, -0.2) is 0 Å². The highest BCUT2D eigenvalue weighted by Gasteiger charge is 1.36. The molecule has 0 spiro atoms. The molecular formula is HOS4-. The highest BCUT2D eigenvalue weighted by atomic mass is 33.1. The Bertz CT molecular complexity index is 61.7. The van der Waals surface area contributed by atoms with E-state index in [2.05, 4.69) is 38.9 Å². The molecule has 0 aliphatic heterocycles.